The van der Waals surface area contributed by atoms with Crippen molar-refractivity contribution in [2.75, 3.05) is 6.61 Å². The Bertz CT molecular complexity index is 866. The van der Waals surface area contributed by atoms with Gasteiger partial charge >= 0.3 is 6.18 Å². The Labute approximate surface area is 150 Å². The Morgan fingerprint density at radius 3 is 2.23 bits per heavy atom. The number of ether oxygens (including phenoxy) is 1. The molecule has 2 aromatic carbocycles. The Morgan fingerprint density at radius 1 is 1.00 bits per heavy atom. The fourth-order valence-corrected chi connectivity index (χ4v) is 2.55. The van der Waals surface area contributed by atoms with Crippen LogP contribution in [0.2, 0.25) is 0 Å². The third-order valence-electron chi connectivity index (χ3n) is 3.90. The summed E-state index contributed by atoms with van der Waals surface area (Å²) in [6.45, 7) is 4.52. The van der Waals surface area contributed by atoms with E-state index in [9.17, 15) is 13.2 Å². The first-order valence-corrected chi connectivity index (χ1v) is 8.36. The summed E-state index contributed by atoms with van der Waals surface area (Å²) in [6, 6.07) is 15.3. The van der Waals surface area contributed by atoms with Crippen LogP contribution in [0, 0.1) is 6.92 Å². The summed E-state index contributed by atoms with van der Waals surface area (Å²) >= 11 is 0. The van der Waals surface area contributed by atoms with E-state index in [2.05, 4.69) is 5.10 Å². The van der Waals surface area contributed by atoms with Gasteiger partial charge in [0.25, 0.3) is 0 Å². The summed E-state index contributed by atoms with van der Waals surface area (Å²) in [4.78, 5) is 0. The maximum atomic E-state index is 13.2. The quantitative estimate of drug-likeness (QED) is 0.587. The monoisotopic (exact) mass is 360 g/mol. The molecule has 0 aliphatic rings. The largest absolute Gasteiger partial charge is 0.494 e. The summed E-state index contributed by atoms with van der Waals surface area (Å²) in [5.41, 5.74) is 1.70. The first-order valence-electron chi connectivity index (χ1n) is 8.36. The smallest absolute Gasteiger partial charge is 0.435 e. The minimum absolute atomic E-state index is 0.378. The van der Waals surface area contributed by atoms with Gasteiger partial charge in [-0.25, -0.2) is 4.68 Å². The lowest BCUT2D eigenvalue weighted by atomic mass is 10.1. The van der Waals surface area contributed by atoms with Crippen molar-refractivity contribution in [3.63, 3.8) is 0 Å². The van der Waals surface area contributed by atoms with Crippen LogP contribution >= 0.6 is 0 Å². The number of alkyl halides is 3. The molecule has 0 radical (unpaired) electrons. The predicted octanol–water partition coefficient (Wildman–Crippen LogP) is 5.66. The van der Waals surface area contributed by atoms with Gasteiger partial charge in [-0.05, 0) is 55.8 Å². The molecule has 0 bridgehead atoms. The van der Waals surface area contributed by atoms with E-state index in [4.69, 9.17) is 4.74 Å². The molecular formula is C20H19F3N2O. The van der Waals surface area contributed by atoms with Gasteiger partial charge in [0.05, 0.1) is 18.0 Å². The average molecular weight is 360 g/mol. The lowest BCUT2D eigenvalue weighted by Gasteiger charge is -2.09. The Hall–Kier alpha value is -2.76. The van der Waals surface area contributed by atoms with Gasteiger partial charge in [-0.3, -0.25) is 0 Å². The standard InChI is InChI=1S/C20H19F3N2O/c1-3-12-26-17-10-6-15(7-11-17)18-13-19(20(21,22)23)24-25(18)16-8-4-14(2)5-9-16/h4-11,13H,3,12H2,1-2H3. The highest BCUT2D eigenvalue weighted by atomic mass is 19.4. The van der Waals surface area contributed by atoms with Crippen molar-refractivity contribution in [3.05, 3.63) is 65.9 Å². The van der Waals surface area contributed by atoms with E-state index in [0.29, 0.717) is 29.3 Å². The normalized spacial score (nSPS) is 11.6. The lowest BCUT2D eigenvalue weighted by molar-refractivity contribution is -0.141. The Morgan fingerprint density at radius 2 is 1.65 bits per heavy atom. The van der Waals surface area contributed by atoms with Crippen LogP contribution in [-0.4, -0.2) is 16.4 Å². The fourth-order valence-electron chi connectivity index (χ4n) is 2.55. The Kier molecular flexibility index (Phi) is 5.02. The molecule has 1 aromatic heterocycles. The van der Waals surface area contributed by atoms with Crippen LogP contribution in [-0.2, 0) is 6.18 Å². The maximum Gasteiger partial charge on any atom is 0.435 e. The molecular weight excluding hydrogens is 341 g/mol. The number of nitrogens with zero attached hydrogens (tertiary/aromatic N) is 2. The van der Waals surface area contributed by atoms with Crippen molar-refractivity contribution in [3.8, 4) is 22.7 Å². The van der Waals surface area contributed by atoms with Crippen LogP contribution in [0.4, 0.5) is 13.2 Å². The fraction of sp³-hybridized carbons (Fsp3) is 0.250. The maximum absolute atomic E-state index is 13.2. The van der Waals surface area contributed by atoms with Gasteiger partial charge in [-0.2, -0.15) is 18.3 Å². The van der Waals surface area contributed by atoms with E-state index >= 15 is 0 Å². The van der Waals surface area contributed by atoms with E-state index in [1.807, 2.05) is 26.0 Å². The zero-order valence-corrected chi connectivity index (χ0v) is 14.5. The van der Waals surface area contributed by atoms with Gasteiger partial charge in [0.1, 0.15) is 5.75 Å². The molecule has 0 aliphatic heterocycles. The third kappa shape index (κ3) is 3.90. The van der Waals surface area contributed by atoms with Crippen LogP contribution in [0.25, 0.3) is 16.9 Å². The van der Waals surface area contributed by atoms with Gasteiger partial charge in [0, 0.05) is 5.56 Å². The van der Waals surface area contributed by atoms with Crippen LogP contribution in [0.3, 0.4) is 0 Å². The molecule has 0 atom stereocenters. The van der Waals surface area contributed by atoms with Crippen LogP contribution in [0.15, 0.2) is 54.6 Å². The first kappa shape index (κ1) is 18.0. The number of rotatable bonds is 5. The number of aromatic nitrogens is 2. The second-order valence-corrected chi connectivity index (χ2v) is 6.03. The molecule has 3 rings (SSSR count). The summed E-state index contributed by atoms with van der Waals surface area (Å²) in [5.74, 6) is 0.688. The molecule has 3 aromatic rings. The molecule has 0 unspecified atom stereocenters. The summed E-state index contributed by atoms with van der Waals surface area (Å²) in [7, 11) is 0. The number of benzene rings is 2. The molecule has 6 heteroatoms. The van der Waals surface area contributed by atoms with E-state index in [0.717, 1.165) is 18.1 Å². The zero-order valence-electron chi connectivity index (χ0n) is 14.5. The molecule has 0 aliphatic carbocycles. The molecule has 0 saturated heterocycles. The Balaban J connectivity index is 2.04. The van der Waals surface area contributed by atoms with E-state index in [1.165, 1.54) is 4.68 Å². The van der Waals surface area contributed by atoms with E-state index in [-0.39, 0.29) is 0 Å². The van der Waals surface area contributed by atoms with Crippen molar-refractivity contribution in [2.45, 2.75) is 26.4 Å². The average Bonchev–Trinajstić information content (AvgIpc) is 3.07. The van der Waals surface area contributed by atoms with Crippen molar-refractivity contribution < 1.29 is 17.9 Å². The van der Waals surface area contributed by atoms with Crippen LogP contribution in [0.5, 0.6) is 5.75 Å². The van der Waals surface area contributed by atoms with Crippen molar-refractivity contribution in [1.29, 1.82) is 0 Å². The highest BCUT2D eigenvalue weighted by Crippen LogP contribution is 2.33. The highest BCUT2D eigenvalue weighted by Gasteiger charge is 2.35. The summed E-state index contributed by atoms with van der Waals surface area (Å²) in [5, 5.41) is 3.79. The minimum Gasteiger partial charge on any atom is -0.494 e. The molecule has 0 N–H and O–H groups in total. The molecule has 3 nitrogen and oxygen atoms in total. The van der Waals surface area contributed by atoms with Crippen molar-refractivity contribution in [2.24, 2.45) is 0 Å². The lowest BCUT2D eigenvalue weighted by Crippen LogP contribution is -2.07. The van der Waals surface area contributed by atoms with Crippen molar-refractivity contribution >= 4 is 0 Å². The zero-order chi connectivity index (χ0) is 18.7. The van der Waals surface area contributed by atoms with Crippen LogP contribution in [0.1, 0.15) is 24.6 Å². The summed E-state index contributed by atoms with van der Waals surface area (Å²) < 4.78 is 46.4. The number of hydrogen-bond acceptors (Lipinski definition) is 2. The topological polar surface area (TPSA) is 27.1 Å². The predicted molar refractivity (Wildman–Crippen MR) is 94.5 cm³/mol. The van der Waals surface area contributed by atoms with Gasteiger partial charge in [-0.15, -0.1) is 0 Å². The minimum atomic E-state index is -4.51. The van der Waals surface area contributed by atoms with Gasteiger partial charge in [0.15, 0.2) is 5.69 Å². The molecule has 0 fully saturated rings. The van der Waals surface area contributed by atoms with Crippen LogP contribution < -0.4 is 4.74 Å². The molecule has 26 heavy (non-hydrogen) atoms. The van der Waals surface area contributed by atoms with Crippen molar-refractivity contribution in [1.82, 2.24) is 9.78 Å². The van der Waals surface area contributed by atoms with E-state index < -0.39 is 11.9 Å². The number of hydrogen-bond donors (Lipinski definition) is 0. The molecule has 136 valence electrons. The second kappa shape index (κ2) is 7.23. The second-order valence-electron chi connectivity index (χ2n) is 6.03. The molecule has 0 amide bonds. The van der Waals surface area contributed by atoms with Gasteiger partial charge in [0.2, 0.25) is 0 Å². The van der Waals surface area contributed by atoms with E-state index in [1.54, 1.807) is 36.4 Å². The number of aryl methyl sites for hydroxylation is 1. The third-order valence-corrected chi connectivity index (χ3v) is 3.90. The molecule has 0 spiro atoms. The summed E-state index contributed by atoms with van der Waals surface area (Å²) in [6.07, 6.45) is -3.62. The molecule has 0 saturated carbocycles. The first-order chi connectivity index (χ1) is 12.4. The SMILES string of the molecule is CCCOc1ccc(-c2cc(C(F)(F)F)nn2-c2ccc(C)cc2)cc1. The number of halogens is 3. The molecule has 1 heterocycles. The highest BCUT2D eigenvalue weighted by molar-refractivity contribution is 5.64. The van der Waals surface area contributed by atoms with Gasteiger partial charge < -0.3 is 4.74 Å². The van der Waals surface area contributed by atoms with Gasteiger partial charge in [-0.1, -0.05) is 24.6 Å².